The van der Waals surface area contributed by atoms with Crippen LogP contribution in [0.5, 0.6) is 0 Å². The zero-order valence-corrected chi connectivity index (χ0v) is 22.2. The van der Waals surface area contributed by atoms with Gasteiger partial charge in [0.05, 0.1) is 47.6 Å². The summed E-state index contributed by atoms with van der Waals surface area (Å²) in [5, 5.41) is 28.1. The summed E-state index contributed by atoms with van der Waals surface area (Å²) in [5.41, 5.74) is 4.70. The van der Waals surface area contributed by atoms with Crippen molar-refractivity contribution in [2.24, 2.45) is 0 Å². The molecule has 2 amide bonds. The molecule has 1 aliphatic rings. The lowest BCUT2D eigenvalue weighted by Gasteiger charge is -2.17. The molecule has 1 aliphatic carbocycles. The van der Waals surface area contributed by atoms with Crippen molar-refractivity contribution in [1.29, 1.82) is 0 Å². The van der Waals surface area contributed by atoms with Crippen molar-refractivity contribution in [2.75, 3.05) is 10.6 Å². The average molecular weight is 532 g/mol. The fourth-order valence-corrected chi connectivity index (χ4v) is 5.27. The van der Waals surface area contributed by atoms with E-state index in [1.165, 1.54) is 4.68 Å². The number of carboxylic acids is 1. The molecule has 1 fully saturated rings. The highest BCUT2D eigenvalue weighted by Crippen LogP contribution is 2.37. The number of aromatic nitrogens is 7. The number of nitrogens with one attached hydrogen (secondary N) is 2. The van der Waals surface area contributed by atoms with Gasteiger partial charge in [0.1, 0.15) is 5.69 Å². The van der Waals surface area contributed by atoms with E-state index in [2.05, 4.69) is 42.9 Å². The number of aliphatic carboxylic acids is 1. The predicted octanol–water partition coefficient (Wildman–Crippen LogP) is 5.20. The average Bonchev–Trinajstić information content (AvgIpc) is 3.69. The lowest BCUT2D eigenvalue weighted by molar-refractivity contribution is -0.141. The summed E-state index contributed by atoms with van der Waals surface area (Å²) >= 11 is 0. The number of urea groups is 1. The van der Waals surface area contributed by atoms with E-state index in [9.17, 15) is 14.7 Å². The first kappa shape index (κ1) is 26.3. The molecule has 0 aliphatic heterocycles. The summed E-state index contributed by atoms with van der Waals surface area (Å²) < 4.78 is 3.21. The molecular formula is C27H33N9O3. The third kappa shape index (κ3) is 5.74. The summed E-state index contributed by atoms with van der Waals surface area (Å²) in [6, 6.07) is 2.47. The van der Waals surface area contributed by atoms with Gasteiger partial charge in [-0.3, -0.25) is 4.98 Å². The Hall–Kier alpha value is -4.35. The molecule has 0 bridgehead atoms. The number of pyridine rings is 1. The Bertz CT molecular complexity index is 1470. The third-order valence-electron chi connectivity index (χ3n) is 7.22. The number of hydrogen-bond donors (Lipinski definition) is 3. The van der Waals surface area contributed by atoms with Crippen LogP contribution in [0.4, 0.5) is 16.2 Å². The van der Waals surface area contributed by atoms with Gasteiger partial charge >= 0.3 is 12.0 Å². The van der Waals surface area contributed by atoms with E-state index in [0.29, 0.717) is 35.1 Å². The van der Waals surface area contributed by atoms with Gasteiger partial charge in [-0.25, -0.2) is 23.8 Å². The lowest BCUT2D eigenvalue weighted by atomic mass is 10.0. The molecule has 12 heteroatoms. The summed E-state index contributed by atoms with van der Waals surface area (Å²) in [7, 11) is 0. The number of aryl methyl sites for hydroxylation is 1. The zero-order valence-electron chi connectivity index (χ0n) is 22.2. The highest BCUT2D eigenvalue weighted by Gasteiger charge is 2.25. The Kier molecular flexibility index (Phi) is 7.80. The minimum Gasteiger partial charge on any atom is -0.480 e. The normalized spacial score (nSPS) is 14.5. The molecule has 4 aromatic heterocycles. The van der Waals surface area contributed by atoms with Gasteiger partial charge in [0, 0.05) is 12.0 Å². The molecule has 1 unspecified atom stereocenters. The largest absolute Gasteiger partial charge is 0.480 e. The van der Waals surface area contributed by atoms with Crippen LogP contribution in [-0.4, -0.2) is 51.7 Å². The molecule has 0 radical (unpaired) electrons. The molecule has 1 saturated carbocycles. The number of rotatable bonds is 10. The number of hydrogen-bond acceptors (Lipinski definition) is 7. The number of fused-ring (bicyclic) bond motifs is 1. The van der Waals surface area contributed by atoms with E-state index in [0.717, 1.165) is 61.9 Å². The van der Waals surface area contributed by atoms with E-state index in [1.54, 1.807) is 30.9 Å². The first-order valence-electron chi connectivity index (χ1n) is 13.5. The highest BCUT2D eigenvalue weighted by atomic mass is 16.4. The van der Waals surface area contributed by atoms with Gasteiger partial charge in [-0.2, -0.15) is 5.10 Å². The minimum atomic E-state index is -0.934. The number of carbonyl (C=O) groups is 2. The molecule has 4 heterocycles. The molecule has 0 aromatic carbocycles. The Morgan fingerprint density at radius 1 is 1.15 bits per heavy atom. The molecule has 3 N–H and O–H groups in total. The zero-order chi connectivity index (χ0) is 27.4. The number of carbonyl (C=O) groups excluding carboxylic acids is 1. The molecule has 39 heavy (non-hydrogen) atoms. The Morgan fingerprint density at radius 2 is 1.97 bits per heavy atom. The number of anilines is 2. The van der Waals surface area contributed by atoms with Gasteiger partial charge in [-0.05, 0) is 37.8 Å². The monoisotopic (exact) mass is 531 g/mol. The van der Waals surface area contributed by atoms with E-state index in [1.807, 2.05) is 17.5 Å². The van der Waals surface area contributed by atoms with Crippen LogP contribution in [0.15, 0.2) is 36.9 Å². The van der Waals surface area contributed by atoms with Crippen LogP contribution in [0.2, 0.25) is 0 Å². The van der Waals surface area contributed by atoms with Gasteiger partial charge in [-0.1, -0.05) is 44.2 Å². The SMILES string of the molecule is CCCCCC(C(=O)O)n1cc(-c2ncc(NC(=O)Nc3cnc4ccnn4c3C3CCCC3)cc2C)nn1. The van der Waals surface area contributed by atoms with Crippen molar-refractivity contribution < 1.29 is 14.7 Å². The lowest BCUT2D eigenvalue weighted by Crippen LogP contribution is -2.22. The van der Waals surface area contributed by atoms with Crippen LogP contribution >= 0.6 is 0 Å². The Labute approximate surface area is 225 Å². The number of carboxylic acid groups (broad SMARTS) is 1. The number of amides is 2. The first-order valence-corrected chi connectivity index (χ1v) is 13.5. The van der Waals surface area contributed by atoms with Crippen LogP contribution in [0.1, 0.15) is 81.5 Å². The maximum Gasteiger partial charge on any atom is 0.328 e. The Morgan fingerprint density at radius 3 is 2.72 bits per heavy atom. The fourth-order valence-electron chi connectivity index (χ4n) is 5.27. The summed E-state index contributed by atoms with van der Waals surface area (Å²) in [5.74, 6) is -0.620. The molecule has 5 rings (SSSR count). The summed E-state index contributed by atoms with van der Waals surface area (Å²) in [4.78, 5) is 33.6. The summed E-state index contributed by atoms with van der Waals surface area (Å²) in [6.07, 6.45) is 14.2. The molecule has 1 atom stereocenters. The van der Waals surface area contributed by atoms with Gasteiger partial charge in [0.15, 0.2) is 11.7 Å². The van der Waals surface area contributed by atoms with Crippen molar-refractivity contribution in [2.45, 2.75) is 77.2 Å². The van der Waals surface area contributed by atoms with Crippen molar-refractivity contribution in [3.05, 3.63) is 48.2 Å². The van der Waals surface area contributed by atoms with Crippen LogP contribution in [-0.2, 0) is 4.79 Å². The third-order valence-corrected chi connectivity index (χ3v) is 7.22. The predicted molar refractivity (Wildman–Crippen MR) is 146 cm³/mol. The minimum absolute atomic E-state index is 0.315. The molecular weight excluding hydrogens is 498 g/mol. The van der Waals surface area contributed by atoms with Crippen LogP contribution < -0.4 is 10.6 Å². The first-order chi connectivity index (χ1) is 18.9. The Balaban J connectivity index is 1.29. The number of nitrogens with zero attached hydrogens (tertiary/aromatic N) is 7. The van der Waals surface area contributed by atoms with Crippen LogP contribution in [0, 0.1) is 6.92 Å². The number of unbranched alkanes of at least 4 members (excludes halogenated alkanes) is 2. The summed E-state index contributed by atoms with van der Waals surface area (Å²) in [6.45, 7) is 3.93. The fraction of sp³-hybridized carbons (Fsp3) is 0.444. The topological polar surface area (TPSA) is 152 Å². The van der Waals surface area contributed by atoms with Crippen molar-refractivity contribution in [3.63, 3.8) is 0 Å². The van der Waals surface area contributed by atoms with E-state index in [4.69, 9.17) is 0 Å². The van der Waals surface area contributed by atoms with Crippen molar-refractivity contribution in [3.8, 4) is 11.4 Å². The van der Waals surface area contributed by atoms with Gasteiger partial charge in [-0.15, -0.1) is 5.10 Å². The second-order valence-electron chi connectivity index (χ2n) is 10.0. The molecule has 12 nitrogen and oxygen atoms in total. The van der Waals surface area contributed by atoms with E-state index in [-0.39, 0.29) is 0 Å². The molecule has 204 valence electrons. The molecule has 0 spiro atoms. The quantitative estimate of drug-likeness (QED) is 0.236. The standard InChI is InChI=1S/C27H33N9O3/c1-3-4-5-10-22(26(37)38)35-16-21(33-34-35)24-17(2)13-19(14-29-24)31-27(39)32-20-15-28-23-11-12-30-36(23)25(20)18-8-6-7-9-18/h11-16,18,22H,3-10H2,1-2H3,(H,37,38)(H2,31,32,39). The van der Waals surface area contributed by atoms with E-state index < -0.39 is 18.0 Å². The maximum atomic E-state index is 13.0. The van der Waals surface area contributed by atoms with Gasteiger partial charge < -0.3 is 15.7 Å². The van der Waals surface area contributed by atoms with Crippen molar-refractivity contribution in [1.82, 2.24) is 34.6 Å². The van der Waals surface area contributed by atoms with Crippen molar-refractivity contribution >= 4 is 29.0 Å². The second kappa shape index (κ2) is 11.6. The van der Waals surface area contributed by atoms with Crippen LogP contribution in [0.3, 0.4) is 0 Å². The van der Waals surface area contributed by atoms with E-state index >= 15 is 0 Å². The van der Waals surface area contributed by atoms with Crippen LogP contribution in [0.25, 0.3) is 17.0 Å². The molecule has 0 saturated heterocycles. The highest BCUT2D eigenvalue weighted by molar-refractivity contribution is 6.00. The maximum absolute atomic E-state index is 13.0. The molecule has 4 aromatic rings. The van der Waals surface area contributed by atoms with Gasteiger partial charge in [0.25, 0.3) is 0 Å². The second-order valence-corrected chi connectivity index (χ2v) is 10.0. The van der Waals surface area contributed by atoms with Gasteiger partial charge in [0.2, 0.25) is 0 Å². The smallest absolute Gasteiger partial charge is 0.328 e.